The Morgan fingerprint density at radius 3 is 2.50 bits per heavy atom. The SMILES string of the molecule is O=C(CS(=O)c1ccc(F)c(Cl)c1)c1cc(Cl)sc1Cl. The molecule has 0 N–H and O–H groups in total. The van der Waals surface area contributed by atoms with Crippen molar-refractivity contribution < 1.29 is 13.4 Å². The van der Waals surface area contributed by atoms with Crippen LogP contribution in [0.1, 0.15) is 10.4 Å². The van der Waals surface area contributed by atoms with E-state index in [-0.39, 0.29) is 25.6 Å². The van der Waals surface area contributed by atoms with Crippen LogP contribution < -0.4 is 0 Å². The largest absolute Gasteiger partial charge is 0.293 e. The smallest absolute Gasteiger partial charge is 0.178 e. The van der Waals surface area contributed by atoms with Crippen molar-refractivity contribution >= 4 is 62.7 Å². The minimum absolute atomic E-state index is 0.139. The number of Topliss-reactive ketones (excluding diaryl/α,β-unsaturated/α-hetero) is 1. The summed E-state index contributed by atoms with van der Waals surface area (Å²) in [5.74, 6) is -1.27. The van der Waals surface area contributed by atoms with Gasteiger partial charge in [-0.2, -0.15) is 0 Å². The Kier molecular flexibility index (Phi) is 5.20. The van der Waals surface area contributed by atoms with Gasteiger partial charge in [-0.25, -0.2) is 4.39 Å². The van der Waals surface area contributed by atoms with Crippen LogP contribution >= 0.6 is 46.1 Å². The highest BCUT2D eigenvalue weighted by Crippen LogP contribution is 2.31. The molecule has 0 aliphatic carbocycles. The van der Waals surface area contributed by atoms with Crippen molar-refractivity contribution in [3.05, 3.63) is 49.3 Å². The Bertz CT molecular complexity index is 700. The molecule has 2 rings (SSSR count). The van der Waals surface area contributed by atoms with Crippen LogP contribution in [0.5, 0.6) is 0 Å². The zero-order valence-corrected chi connectivity index (χ0v) is 13.6. The van der Waals surface area contributed by atoms with Crippen molar-refractivity contribution in [3.8, 4) is 0 Å². The summed E-state index contributed by atoms with van der Waals surface area (Å²) in [5, 5.41) is -0.139. The molecular formula is C12H6Cl3FO2S2. The van der Waals surface area contributed by atoms with E-state index < -0.39 is 22.4 Å². The molecule has 0 amide bonds. The van der Waals surface area contributed by atoms with Gasteiger partial charge in [0.1, 0.15) is 10.2 Å². The lowest BCUT2D eigenvalue weighted by Crippen LogP contribution is -2.10. The third-order valence-corrected chi connectivity index (χ3v) is 5.45. The summed E-state index contributed by atoms with van der Waals surface area (Å²) < 4.78 is 25.7. The van der Waals surface area contributed by atoms with Crippen molar-refractivity contribution in [1.29, 1.82) is 0 Å². The normalized spacial score (nSPS) is 12.4. The summed E-state index contributed by atoms with van der Waals surface area (Å²) in [6.07, 6.45) is 0. The molecule has 0 spiro atoms. The minimum atomic E-state index is -1.63. The van der Waals surface area contributed by atoms with E-state index in [0.717, 1.165) is 17.4 Å². The number of hydrogen-bond donors (Lipinski definition) is 0. The molecule has 0 saturated heterocycles. The van der Waals surface area contributed by atoms with E-state index in [0.29, 0.717) is 4.34 Å². The highest BCUT2D eigenvalue weighted by molar-refractivity contribution is 7.85. The van der Waals surface area contributed by atoms with Gasteiger partial charge >= 0.3 is 0 Å². The molecule has 2 nitrogen and oxygen atoms in total. The van der Waals surface area contributed by atoms with Gasteiger partial charge in [0.25, 0.3) is 0 Å². The second-order valence-corrected chi connectivity index (χ2v) is 7.87. The average Bonchev–Trinajstić information content (AvgIpc) is 2.71. The van der Waals surface area contributed by atoms with Crippen molar-refractivity contribution in [2.24, 2.45) is 0 Å². The standard InChI is InChI=1S/C12H6Cl3FO2S2/c13-8-3-6(1-2-9(8)16)20(18)5-10(17)7-4-11(14)19-12(7)15/h1-4H,5H2. The molecule has 0 saturated carbocycles. The molecule has 106 valence electrons. The first-order chi connectivity index (χ1) is 9.38. The third kappa shape index (κ3) is 3.59. The molecule has 0 radical (unpaired) electrons. The van der Waals surface area contributed by atoms with E-state index in [9.17, 15) is 13.4 Å². The van der Waals surface area contributed by atoms with E-state index in [1.807, 2.05) is 0 Å². The van der Waals surface area contributed by atoms with Crippen molar-refractivity contribution in [2.45, 2.75) is 4.90 Å². The van der Waals surface area contributed by atoms with Crippen LogP contribution in [0.3, 0.4) is 0 Å². The number of benzene rings is 1. The predicted molar refractivity (Wildman–Crippen MR) is 81.4 cm³/mol. The second-order valence-electron chi connectivity index (χ2n) is 3.73. The van der Waals surface area contributed by atoms with E-state index in [1.54, 1.807) is 0 Å². The molecule has 0 aliphatic heterocycles. The Balaban J connectivity index is 2.17. The molecule has 0 aliphatic rings. The molecule has 8 heteroatoms. The van der Waals surface area contributed by atoms with Crippen LogP contribution in [-0.4, -0.2) is 15.7 Å². The third-order valence-electron chi connectivity index (χ3n) is 2.37. The van der Waals surface area contributed by atoms with Crippen molar-refractivity contribution in [3.63, 3.8) is 0 Å². The predicted octanol–water partition coefficient (Wildman–Crippen LogP) is 4.84. The van der Waals surface area contributed by atoms with Gasteiger partial charge < -0.3 is 0 Å². The lowest BCUT2D eigenvalue weighted by molar-refractivity contribution is 0.102. The highest BCUT2D eigenvalue weighted by atomic mass is 35.5. The van der Waals surface area contributed by atoms with Crippen molar-refractivity contribution in [1.82, 2.24) is 0 Å². The van der Waals surface area contributed by atoms with Gasteiger partial charge in [-0.05, 0) is 24.3 Å². The molecule has 0 fully saturated rings. The Hall–Kier alpha value is -0.460. The van der Waals surface area contributed by atoms with Gasteiger partial charge in [-0.3, -0.25) is 9.00 Å². The van der Waals surface area contributed by atoms with Gasteiger partial charge in [0, 0.05) is 10.5 Å². The maximum atomic E-state index is 13.0. The molecule has 1 aromatic heterocycles. The first-order valence-corrected chi connectivity index (χ1v) is 8.47. The number of ketones is 1. The fourth-order valence-corrected chi connectivity index (χ4v) is 4.20. The van der Waals surface area contributed by atoms with Crippen molar-refractivity contribution in [2.75, 3.05) is 5.75 Å². The van der Waals surface area contributed by atoms with Crippen LogP contribution in [0.15, 0.2) is 29.2 Å². The summed E-state index contributed by atoms with van der Waals surface area (Å²) in [6.45, 7) is 0. The number of hydrogen-bond acceptors (Lipinski definition) is 3. The Morgan fingerprint density at radius 1 is 1.25 bits per heavy atom. The maximum absolute atomic E-state index is 13.0. The molecule has 1 heterocycles. The first kappa shape index (κ1) is 15.9. The molecular weight excluding hydrogens is 366 g/mol. The monoisotopic (exact) mass is 370 g/mol. The van der Waals surface area contributed by atoms with E-state index in [1.165, 1.54) is 18.2 Å². The topological polar surface area (TPSA) is 34.1 Å². The summed E-state index contributed by atoms with van der Waals surface area (Å²) in [6, 6.07) is 5.11. The van der Waals surface area contributed by atoms with E-state index >= 15 is 0 Å². The molecule has 0 bridgehead atoms. The second kappa shape index (κ2) is 6.54. The Labute approximate surface area is 135 Å². The van der Waals surface area contributed by atoms with Gasteiger partial charge in [0.15, 0.2) is 5.78 Å². The van der Waals surface area contributed by atoms with Crippen LogP contribution in [0, 0.1) is 5.82 Å². The number of rotatable bonds is 4. The fraction of sp³-hybridized carbons (Fsp3) is 0.0833. The number of carbonyl (C=O) groups is 1. The zero-order valence-electron chi connectivity index (χ0n) is 9.66. The number of halogens is 4. The van der Waals surface area contributed by atoms with Crippen LogP contribution in [0.4, 0.5) is 4.39 Å². The molecule has 20 heavy (non-hydrogen) atoms. The summed E-state index contributed by atoms with van der Waals surface area (Å²) >= 11 is 18.3. The zero-order chi connectivity index (χ0) is 14.9. The lowest BCUT2D eigenvalue weighted by Gasteiger charge is -2.03. The molecule has 1 unspecified atom stereocenters. The maximum Gasteiger partial charge on any atom is 0.178 e. The summed E-state index contributed by atoms with van der Waals surface area (Å²) in [7, 11) is -1.63. The van der Waals surface area contributed by atoms with Gasteiger partial charge in [-0.1, -0.05) is 34.8 Å². The highest BCUT2D eigenvalue weighted by Gasteiger charge is 2.18. The minimum Gasteiger partial charge on any atom is -0.293 e. The molecule has 1 atom stereocenters. The average molecular weight is 372 g/mol. The van der Waals surface area contributed by atoms with Gasteiger partial charge in [0.05, 0.1) is 25.9 Å². The van der Waals surface area contributed by atoms with E-state index in [4.69, 9.17) is 34.8 Å². The van der Waals surface area contributed by atoms with Crippen LogP contribution in [0.2, 0.25) is 13.7 Å². The van der Waals surface area contributed by atoms with Crippen LogP contribution in [-0.2, 0) is 10.8 Å². The Morgan fingerprint density at radius 2 is 1.95 bits per heavy atom. The quantitative estimate of drug-likeness (QED) is 0.721. The van der Waals surface area contributed by atoms with Crippen LogP contribution in [0.25, 0.3) is 0 Å². The van der Waals surface area contributed by atoms with Gasteiger partial charge in [0.2, 0.25) is 0 Å². The lowest BCUT2D eigenvalue weighted by atomic mass is 10.2. The molecule has 1 aromatic carbocycles. The van der Waals surface area contributed by atoms with Gasteiger partial charge in [-0.15, -0.1) is 11.3 Å². The summed E-state index contributed by atoms with van der Waals surface area (Å²) in [4.78, 5) is 12.3. The number of thiophene rings is 1. The fourth-order valence-electron chi connectivity index (χ4n) is 1.43. The number of carbonyl (C=O) groups excluding carboxylic acids is 1. The van der Waals surface area contributed by atoms with E-state index in [2.05, 4.69) is 0 Å². The first-order valence-electron chi connectivity index (χ1n) is 5.20. The molecule has 2 aromatic rings. The summed E-state index contributed by atoms with van der Waals surface area (Å²) in [5.41, 5.74) is 0.239.